The van der Waals surface area contributed by atoms with Crippen molar-refractivity contribution in [1.29, 1.82) is 0 Å². The zero-order chi connectivity index (χ0) is 8.44. The smallest absolute Gasteiger partial charge is 0.0873 e. The highest BCUT2D eigenvalue weighted by molar-refractivity contribution is 8.00. The van der Waals surface area contributed by atoms with E-state index in [2.05, 4.69) is 42.6 Å². The SMILES string of the molecule is CC1(c2ccccc2)NCCS1.Cl. The Morgan fingerprint density at radius 1 is 1.31 bits per heavy atom. The van der Waals surface area contributed by atoms with E-state index in [1.54, 1.807) is 0 Å². The summed E-state index contributed by atoms with van der Waals surface area (Å²) in [6.45, 7) is 3.37. The molecule has 2 rings (SSSR count). The molecule has 1 saturated heterocycles. The molecule has 0 radical (unpaired) electrons. The summed E-state index contributed by atoms with van der Waals surface area (Å²) in [5.74, 6) is 1.21. The average molecular weight is 216 g/mol. The molecule has 0 aliphatic carbocycles. The molecule has 1 nitrogen and oxygen atoms in total. The predicted molar refractivity (Wildman–Crippen MR) is 61.5 cm³/mol. The summed E-state index contributed by atoms with van der Waals surface area (Å²) in [7, 11) is 0. The number of hydrogen-bond donors (Lipinski definition) is 1. The summed E-state index contributed by atoms with van der Waals surface area (Å²) in [5.41, 5.74) is 1.38. The average Bonchev–Trinajstić information content (AvgIpc) is 2.55. The highest BCUT2D eigenvalue weighted by atomic mass is 35.5. The van der Waals surface area contributed by atoms with Gasteiger partial charge in [-0.3, -0.25) is 5.32 Å². The lowest BCUT2D eigenvalue weighted by Gasteiger charge is -2.23. The lowest BCUT2D eigenvalue weighted by atomic mass is 10.1. The molecule has 1 N–H and O–H groups in total. The van der Waals surface area contributed by atoms with Crippen LogP contribution in [0.1, 0.15) is 12.5 Å². The fraction of sp³-hybridized carbons (Fsp3) is 0.400. The molecular weight excluding hydrogens is 202 g/mol. The van der Waals surface area contributed by atoms with E-state index in [4.69, 9.17) is 0 Å². The minimum atomic E-state index is 0. The number of halogens is 1. The Bertz CT molecular complexity index is 257. The zero-order valence-corrected chi connectivity index (χ0v) is 9.25. The van der Waals surface area contributed by atoms with Gasteiger partial charge in [0.1, 0.15) is 0 Å². The molecule has 1 fully saturated rings. The molecule has 0 bridgehead atoms. The highest BCUT2D eigenvalue weighted by Crippen LogP contribution is 2.36. The van der Waals surface area contributed by atoms with Crippen molar-refractivity contribution in [1.82, 2.24) is 5.32 Å². The Balaban J connectivity index is 0.000000845. The van der Waals surface area contributed by atoms with Gasteiger partial charge in [0.25, 0.3) is 0 Å². The van der Waals surface area contributed by atoms with E-state index in [0.29, 0.717) is 0 Å². The molecule has 0 aromatic heterocycles. The topological polar surface area (TPSA) is 12.0 Å². The molecule has 1 unspecified atom stereocenters. The van der Waals surface area contributed by atoms with Gasteiger partial charge in [-0.2, -0.15) is 0 Å². The summed E-state index contributed by atoms with van der Waals surface area (Å²) in [6.07, 6.45) is 0. The number of nitrogens with one attached hydrogen (secondary N) is 1. The van der Waals surface area contributed by atoms with E-state index in [1.807, 2.05) is 11.8 Å². The van der Waals surface area contributed by atoms with Crippen LogP contribution in [0, 0.1) is 0 Å². The van der Waals surface area contributed by atoms with Gasteiger partial charge >= 0.3 is 0 Å². The van der Waals surface area contributed by atoms with Gasteiger partial charge in [-0.25, -0.2) is 0 Å². The molecule has 3 heteroatoms. The number of rotatable bonds is 1. The molecule has 0 spiro atoms. The lowest BCUT2D eigenvalue weighted by molar-refractivity contribution is 0.575. The molecule has 1 aromatic carbocycles. The Labute approximate surface area is 89.7 Å². The van der Waals surface area contributed by atoms with Crippen LogP contribution in [0.4, 0.5) is 0 Å². The van der Waals surface area contributed by atoms with Crippen molar-refractivity contribution in [3.63, 3.8) is 0 Å². The van der Waals surface area contributed by atoms with E-state index < -0.39 is 0 Å². The third-order valence-corrected chi connectivity index (χ3v) is 3.65. The van der Waals surface area contributed by atoms with Gasteiger partial charge in [0.2, 0.25) is 0 Å². The van der Waals surface area contributed by atoms with Crippen molar-refractivity contribution in [2.75, 3.05) is 12.3 Å². The van der Waals surface area contributed by atoms with Crippen LogP contribution in [-0.4, -0.2) is 12.3 Å². The first-order valence-corrected chi connectivity index (χ1v) is 5.24. The van der Waals surface area contributed by atoms with Crippen molar-refractivity contribution < 1.29 is 0 Å². The summed E-state index contributed by atoms with van der Waals surface area (Å²) in [5, 5.41) is 3.51. The monoisotopic (exact) mass is 215 g/mol. The Morgan fingerprint density at radius 2 is 2.00 bits per heavy atom. The molecule has 1 aromatic rings. The molecule has 1 atom stereocenters. The van der Waals surface area contributed by atoms with Gasteiger partial charge in [-0.1, -0.05) is 30.3 Å². The van der Waals surface area contributed by atoms with Crippen LogP contribution in [0.3, 0.4) is 0 Å². The van der Waals surface area contributed by atoms with Crippen LogP contribution in [0.15, 0.2) is 30.3 Å². The third-order valence-electron chi connectivity index (χ3n) is 2.28. The van der Waals surface area contributed by atoms with Crippen LogP contribution in [0.25, 0.3) is 0 Å². The van der Waals surface area contributed by atoms with Crippen molar-refractivity contribution >= 4 is 24.2 Å². The highest BCUT2D eigenvalue weighted by Gasteiger charge is 2.30. The molecule has 1 aliphatic rings. The van der Waals surface area contributed by atoms with E-state index in [9.17, 15) is 0 Å². The number of benzene rings is 1. The minimum absolute atomic E-state index is 0. The maximum Gasteiger partial charge on any atom is 0.0873 e. The zero-order valence-electron chi connectivity index (χ0n) is 7.62. The number of thioether (sulfide) groups is 1. The second-order valence-electron chi connectivity index (χ2n) is 3.17. The van der Waals surface area contributed by atoms with Crippen LogP contribution in [0.5, 0.6) is 0 Å². The van der Waals surface area contributed by atoms with Gasteiger partial charge in [0, 0.05) is 12.3 Å². The van der Waals surface area contributed by atoms with E-state index >= 15 is 0 Å². The van der Waals surface area contributed by atoms with E-state index in [-0.39, 0.29) is 17.3 Å². The fourth-order valence-electron chi connectivity index (χ4n) is 1.54. The summed E-state index contributed by atoms with van der Waals surface area (Å²) >= 11 is 1.99. The summed E-state index contributed by atoms with van der Waals surface area (Å²) in [6, 6.07) is 10.6. The van der Waals surface area contributed by atoms with E-state index in [1.165, 1.54) is 11.3 Å². The van der Waals surface area contributed by atoms with Crippen LogP contribution in [-0.2, 0) is 4.87 Å². The summed E-state index contributed by atoms with van der Waals surface area (Å²) in [4.78, 5) is 0.154. The van der Waals surface area contributed by atoms with Crippen molar-refractivity contribution in [2.24, 2.45) is 0 Å². The largest absolute Gasteiger partial charge is 0.298 e. The van der Waals surface area contributed by atoms with Crippen LogP contribution in [0.2, 0.25) is 0 Å². The van der Waals surface area contributed by atoms with Crippen LogP contribution < -0.4 is 5.32 Å². The molecule has 0 saturated carbocycles. The Hall–Kier alpha value is -0.180. The maximum absolute atomic E-state index is 3.51. The first kappa shape index (κ1) is 10.9. The van der Waals surface area contributed by atoms with Crippen molar-refractivity contribution in [2.45, 2.75) is 11.8 Å². The molecule has 0 amide bonds. The van der Waals surface area contributed by atoms with Gasteiger partial charge in [0.15, 0.2) is 0 Å². The van der Waals surface area contributed by atoms with Gasteiger partial charge in [-0.15, -0.1) is 24.2 Å². The first-order chi connectivity index (χ1) is 5.81. The van der Waals surface area contributed by atoms with E-state index in [0.717, 1.165) is 6.54 Å². The third kappa shape index (κ3) is 2.19. The Morgan fingerprint density at radius 3 is 2.54 bits per heavy atom. The fourth-order valence-corrected chi connectivity index (χ4v) is 2.66. The van der Waals surface area contributed by atoms with Gasteiger partial charge in [-0.05, 0) is 12.5 Å². The van der Waals surface area contributed by atoms with Crippen LogP contribution >= 0.6 is 24.2 Å². The molecule has 72 valence electrons. The molecular formula is C10H14ClNS. The van der Waals surface area contributed by atoms with Gasteiger partial charge in [0.05, 0.1) is 4.87 Å². The van der Waals surface area contributed by atoms with Crippen molar-refractivity contribution in [3.05, 3.63) is 35.9 Å². The predicted octanol–water partition coefficient (Wildman–Crippen LogP) is 2.62. The standard InChI is InChI=1S/C10H13NS.ClH/c1-10(11-7-8-12-10)9-5-3-2-4-6-9;/h2-6,11H,7-8H2,1H3;1H. The second kappa shape index (κ2) is 4.36. The molecule has 1 aliphatic heterocycles. The quantitative estimate of drug-likeness (QED) is 0.773. The Kier molecular flexibility index (Phi) is 3.65. The number of hydrogen-bond acceptors (Lipinski definition) is 2. The lowest BCUT2D eigenvalue weighted by Crippen LogP contribution is -2.30. The van der Waals surface area contributed by atoms with Crippen molar-refractivity contribution in [3.8, 4) is 0 Å². The minimum Gasteiger partial charge on any atom is -0.298 e. The second-order valence-corrected chi connectivity index (χ2v) is 4.69. The first-order valence-electron chi connectivity index (χ1n) is 4.26. The maximum atomic E-state index is 3.51. The normalized spacial score (nSPS) is 26.8. The molecule has 13 heavy (non-hydrogen) atoms. The molecule has 1 heterocycles. The summed E-state index contributed by atoms with van der Waals surface area (Å²) < 4.78 is 0. The van der Waals surface area contributed by atoms with Gasteiger partial charge < -0.3 is 0 Å².